The summed E-state index contributed by atoms with van der Waals surface area (Å²) < 4.78 is 0.691. The van der Waals surface area contributed by atoms with E-state index in [0.717, 1.165) is 0 Å². The van der Waals surface area contributed by atoms with Crippen LogP contribution in [0.5, 0.6) is 0 Å². The first-order chi connectivity index (χ1) is 6.07. The summed E-state index contributed by atoms with van der Waals surface area (Å²) in [7, 11) is 3.68. The van der Waals surface area contributed by atoms with E-state index in [4.69, 9.17) is 18.6 Å². The van der Waals surface area contributed by atoms with E-state index in [1.807, 2.05) is 14.1 Å². The molecule has 0 heterocycles. The summed E-state index contributed by atoms with van der Waals surface area (Å²) in [5, 5.41) is 2.55. The van der Waals surface area contributed by atoms with Gasteiger partial charge in [-0.05, 0) is 0 Å². The van der Waals surface area contributed by atoms with Crippen molar-refractivity contribution in [2.24, 2.45) is 0 Å². The van der Waals surface area contributed by atoms with Crippen LogP contribution >= 0.6 is 24.0 Å². The summed E-state index contributed by atoms with van der Waals surface area (Å²) in [6, 6.07) is 0. The average molecular weight is 216 g/mol. The predicted octanol–water partition coefficient (Wildman–Crippen LogP) is 0.316. The molecule has 0 radical (unpaired) electrons. The van der Waals surface area contributed by atoms with E-state index in [1.165, 1.54) is 11.8 Å². The molecule has 1 amide bonds. The van der Waals surface area contributed by atoms with Gasteiger partial charge in [-0.25, -0.2) is 0 Å². The zero-order chi connectivity index (χ0) is 10.3. The maximum Gasteiger partial charge on any atom is 0.231 e. The highest BCUT2D eigenvalue weighted by Crippen LogP contribution is 2.05. The number of thiocarbonyl (C=S) groups is 1. The number of hydrogen-bond acceptors (Lipinski definition) is 3. The molecule has 0 aliphatic rings. The Balaban J connectivity index is 3.59. The molecule has 0 rings (SSSR count). The van der Waals surface area contributed by atoms with Crippen molar-refractivity contribution in [2.75, 3.05) is 26.4 Å². The zero-order valence-electron chi connectivity index (χ0n) is 7.66. The van der Waals surface area contributed by atoms with Gasteiger partial charge in [-0.2, -0.15) is 0 Å². The number of rotatable bonds is 3. The minimum absolute atomic E-state index is 0.0906. The summed E-state index contributed by atoms with van der Waals surface area (Å²) in [5.74, 6) is 2.55. The number of carbonyl (C=O) groups is 1. The molecular formula is C8H12N2OS2. The van der Waals surface area contributed by atoms with Crippen molar-refractivity contribution in [3.8, 4) is 12.3 Å². The summed E-state index contributed by atoms with van der Waals surface area (Å²) >= 11 is 6.30. The van der Waals surface area contributed by atoms with E-state index in [-0.39, 0.29) is 12.5 Å². The monoisotopic (exact) mass is 216 g/mol. The molecule has 0 unspecified atom stereocenters. The van der Waals surface area contributed by atoms with E-state index in [9.17, 15) is 4.79 Å². The smallest absolute Gasteiger partial charge is 0.231 e. The van der Waals surface area contributed by atoms with E-state index in [2.05, 4.69) is 11.2 Å². The fraction of sp³-hybridized carbons (Fsp3) is 0.500. The SMILES string of the molecule is C#CCNC(=O)CSC(=S)N(C)C. The van der Waals surface area contributed by atoms with Gasteiger partial charge in [0.1, 0.15) is 4.32 Å². The third-order valence-electron chi connectivity index (χ3n) is 1.08. The van der Waals surface area contributed by atoms with Crippen LogP contribution in [-0.4, -0.2) is 41.5 Å². The molecule has 0 fully saturated rings. The van der Waals surface area contributed by atoms with Crippen LogP contribution in [0.15, 0.2) is 0 Å². The molecule has 5 heteroatoms. The normalized spacial score (nSPS) is 8.69. The first-order valence-electron chi connectivity index (χ1n) is 3.62. The number of amides is 1. The quantitative estimate of drug-likeness (QED) is 0.544. The van der Waals surface area contributed by atoms with Crippen molar-refractivity contribution in [1.82, 2.24) is 10.2 Å². The lowest BCUT2D eigenvalue weighted by molar-refractivity contribution is -0.118. The van der Waals surface area contributed by atoms with Crippen LogP contribution in [-0.2, 0) is 4.79 Å². The van der Waals surface area contributed by atoms with Crippen molar-refractivity contribution >= 4 is 34.2 Å². The van der Waals surface area contributed by atoms with Crippen LogP contribution in [0, 0.1) is 12.3 Å². The molecule has 72 valence electrons. The number of thioether (sulfide) groups is 1. The molecule has 0 saturated heterocycles. The zero-order valence-corrected chi connectivity index (χ0v) is 9.30. The van der Waals surface area contributed by atoms with E-state index < -0.39 is 0 Å². The molecule has 0 bridgehead atoms. The second kappa shape index (κ2) is 6.75. The minimum Gasteiger partial charge on any atom is -0.364 e. The second-order valence-corrected chi connectivity index (χ2v) is 4.04. The van der Waals surface area contributed by atoms with E-state index >= 15 is 0 Å². The first-order valence-corrected chi connectivity index (χ1v) is 5.01. The Labute approximate surface area is 88.2 Å². The molecule has 0 spiro atoms. The third-order valence-corrected chi connectivity index (χ3v) is 2.82. The number of carbonyl (C=O) groups excluding carboxylic acids is 1. The van der Waals surface area contributed by atoms with Crippen LogP contribution in [0.1, 0.15) is 0 Å². The Kier molecular flexibility index (Phi) is 6.37. The molecule has 0 aliphatic carbocycles. The van der Waals surface area contributed by atoms with Gasteiger partial charge < -0.3 is 10.2 Å². The summed E-state index contributed by atoms with van der Waals surface area (Å²) in [4.78, 5) is 12.8. The Morgan fingerprint density at radius 2 is 2.31 bits per heavy atom. The summed E-state index contributed by atoms with van der Waals surface area (Å²) in [6.45, 7) is 0.272. The number of nitrogens with one attached hydrogen (secondary N) is 1. The topological polar surface area (TPSA) is 32.3 Å². The minimum atomic E-state index is -0.0906. The summed E-state index contributed by atoms with van der Waals surface area (Å²) in [6.07, 6.45) is 4.98. The molecule has 0 saturated carbocycles. The van der Waals surface area contributed by atoms with Crippen LogP contribution in [0.4, 0.5) is 0 Å². The Morgan fingerprint density at radius 3 is 2.77 bits per heavy atom. The Hall–Kier alpha value is -0.730. The van der Waals surface area contributed by atoms with Crippen LogP contribution in [0.3, 0.4) is 0 Å². The van der Waals surface area contributed by atoms with Gasteiger partial charge in [-0.1, -0.05) is 29.9 Å². The lowest BCUT2D eigenvalue weighted by Gasteiger charge is -2.11. The highest BCUT2D eigenvalue weighted by atomic mass is 32.2. The van der Waals surface area contributed by atoms with Gasteiger partial charge in [0.25, 0.3) is 0 Å². The second-order valence-electron chi connectivity index (χ2n) is 2.43. The summed E-state index contributed by atoms with van der Waals surface area (Å²) in [5.41, 5.74) is 0. The van der Waals surface area contributed by atoms with Crippen molar-refractivity contribution in [1.29, 1.82) is 0 Å². The van der Waals surface area contributed by atoms with Gasteiger partial charge in [0, 0.05) is 14.1 Å². The molecule has 0 atom stereocenters. The molecule has 0 aliphatic heterocycles. The Bertz CT molecular complexity index is 233. The lowest BCUT2D eigenvalue weighted by Crippen LogP contribution is -2.27. The maximum absolute atomic E-state index is 11.0. The van der Waals surface area contributed by atoms with Crippen molar-refractivity contribution in [3.63, 3.8) is 0 Å². The van der Waals surface area contributed by atoms with Gasteiger partial charge in [-0.15, -0.1) is 6.42 Å². The molecule has 1 N–H and O–H groups in total. The van der Waals surface area contributed by atoms with Crippen LogP contribution in [0.25, 0.3) is 0 Å². The number of hydrogen-bond donors (Lipinski definition) is 1. The van der Waals surface area contributed by atoms with Crippen LogP contribution in [0.2, 0.25) is 0 Å². The number of nitrogens with zero attached hydrogens (tertiary/aromatic N) is 1. The lowest BCUT2D eigenvalue weighted by atomic mass is 10.6. The average Bonchev–Trinajstić information content (AvgIpc) is 2.10. The van der Waals surface area contributed by atoms with Gasteiger partial charge in [0.05, 0.1) is 12.3 Å². The van der Waals surface area contributed by atoms with Crippen molar-refractivity contribution in [3.05, 3.63) is 0 Å². The highest BCUT2D eigenvalue weighted by molar-refractivity contribution is 8.23. The van der Waals surface area contributed by atoms with Crippen LogP contribution < -0.4 is 5.32 Å². The highest BCUT2D eigenvalue weighted by Gasteiger charge is 2.04. The molecule has 3 nitrogen and oxygen atoms in total. The number of terminal acetylenes is 1. The van der Waals surface area contributed by atoms with Gasteiger partial charge in [0.2, 0.25) is 5.91 Å². The molecular weight excluding hydrogens is 204 g/mol. The third kappa shape index (κ3) is 6.43. The molecule has 0 aromatic rings. The van der Waals surface area contributed by atoms with Crippen molar-refractivity contribution in [2.45, 2.75) is 0 Å². The maximum atomic E-state index is 11.0. The largest absolute Gasteiger partial charge is 0.364 e. The van der Waals surface area contributed by atoms with Gasteiger partial charge >= 0.3 is 0 Å². The van der Waals surface area contributed by atoms with Gasteiger partial charge in [-0.3, -0.25) is 4.79 Å². The molecule has 0 aromatic carbocycles. The fourth-order valence-corrected chi connectivity index (χ4v) is 1.25. The first kappa shape index (κ1) is 12.3. The fourth-order valence-electron chi connectivity index (χ4n) is 0.457. The molecule has 13 heavy (non-hydrogen) atoms. The predicted molar refractivity (Wildman–Crippen MR) is 60.6 cm³/mol. The van der Waals surface area contributed by atoms with E-state index in [0.29, 0.717) is 10.1 Å². The van der Waals surface area contributed by atoms with E-state index in [1.54, 1.807) is 4.90 Å². The molecule has 0 aromatic heterocycles. The van der Waals surface area contributed by atoms with Gasteiger partial charge in [0.15, 0.2) is 0 Å². The van der Waals surface area contributed by atoms with Crippen molar-refractivity contribution < 1.29 is 4.79 Å². The Morgan fingerprint density at radius 1 is 1.69 bits per heavy atom. The standard InChI is InChI=1S/C8H12N2OS2/c1-4-5-9-7(11)6-13-8(12)10(2)3/h1H,5-6H2,2-3H3,(H,9,11).